The number of nitrogens with one attached hydrogen (secondary N) is 1. The summed E-state index contributed by atoms with van der Waals surface area (Å²) in [5.74, 6) is 2.43. The summed E-state index contributed by atoms with van der Waals surface area (Å²) >= 11 is 0. The molecule has 3 aromatic heterocycles. The average molecular weight is 527 g/mol. The van der Waals surface area contributed by atoms with E-state index in [1.54, 1.807) is 18.5 Å². The number of fused-ring (bicyclic) bond motifs is 1. The number of likely N-dealkylation sites (N-methyl/N-ethyl adjacent to an activating group) is 1. The fourth-order valence-electron chi connectivity index (χ4n) is 4.83. The van der Waals surface area contributed by atoms with E-state index in [1.807, 2.05) is 83.9 Å². The second-order valence-electron chi connectivity index (χ2n) is 10.0. The number of likely N-dealkylation sites (tertiary alicyclic amines) is 1. The molecule has 0 radical (unpaired) electrons. The van der Waals surface area contributed by atoms with Gasteiger partial charge >= 0.3 is 0 Å². The van der Waals surface area contributed by atoms with Gasteiger partial charge in [-0.25, -0.2) is 20.4 Å². The third kappa shape index (κ3) is 5.85. The number of hydrogen-bond acceptors (Lipinski definition) is 8. The van der Waals surface area contributed by atoms with Gasteiger partial charge in [0.15, 0.2) is 11.6 Å². The zero-order valence-corrected chi connectivity index (χ0v) is 22.5. The normalized spacial score (nSPS) is 15.8. The molecule has 0 saturated carbocycles. The molecule has 4 aromatic rings. The molecule has 1 saturated heterocycles. The van der Waals surface area contributed by atoms with Gasteiger partial charge in [0.05, 0.1) is 6.04 Å². The van der Waals surface area contributed by atoms with Crippen LogP contribution in [0.5, 0.6) is 5.75 Å². The number of rotatable bonds is 8. The smallest absolute Gasteiger partial charge is 0.246 e. The Labute approximate surface area is 228 Å². The number of anilines is 2. The first-order chi connectivity index (χ1) is 18.9. The van der Waals surface area contributed by atoms with Gasteiger partial charge in [0.25, 0.3) is 0 Å². The highest BCUT2D eigenvalue weighted by atomic mass is 16.6. The lowest BCUT2D eigenvalue weighted by Gasteiger charge is -2.34. The van der Waals surface area contributed by atoms with Gasteiger partial charge in [-0.2, -0.15) is 0 Å². The number of nitrogen functional groups attached to an aromatic ring is 1. The van der Waals surface area contributed by atoms with E-state index in [1.165, 1.54) is 0 Å². The first-order valence-electron chi connectivity index (χ1n) is 13.1. The van der Waals surface area contributed by atoms with Crippen molar-refractivity contribution in [2.75, 3.05) is 38.4 Å². The van der Waals surface area contributed by atoms with Gasteiger partial charge in [0, 0.05) is 43.3 Å². The summed E-state index contributed by atoms with van der Waals surface area (Å²) in [4.78, 5) is 36.5. The van der Waals surface area contributed by atoms with Crippen molar-refractivity contribution < 1.29 is 9.63 Å². The predicted molar refractivity (Wildman–Crippen MR) is 152 cm³/mol. The van der Waals surface area contributed by atoms with Crippen molar-refractivity contribution in [2.45, 2.75) is 32.2 Å². The van der Waals surface area contributed by atoms with Crippen LogP contribution in [-0.2, 0) is 4.79 Å². The van der Waals surface area contributed by atoms with Crippen LogP contribution in [0, 0.1) is 6.92 Å². The number of hydrogen-bond donors (Lipinski definition) is 2. The molecule has 3 N–H and O–H groups in total. The molecule has 202 valence electrons. The van der Waals surface area contributed by atoms with Crippen LogP contribution in [0.2, 0.25) is 0 Å². The predicted octanol–water partition coefficient (Wildman–Crippen LogP) is 4.26. The van der Waals surface area contributed by atoms with Gasteiger partial charge in [0.1, 0.15) is 22.9 Å². The van der Waals surface area contributed by atoms with Crippen molar-refractivity contribution in [3.05, 3.63) is 78.5 Å². The van der Waals surface area contributed by atoms with Gasteiger partial charge in [-0.05, 0) is 82.2 Å². The summed E-state index contributed by atoms with van der Waals surface area (Å²) in [6, 6.07) is 11.3. The Morgan fingerprint density at radius 2 is 2.00 bits per heavy atom. The fraction of sp³-hybridized carbons (Fsp3) is 0.310. The first-order valence-corrected chi connectivity index (χ1v) is 13.1. The molecule has 1 aliphatic heterocycles. The van der Waals surface area contributed by atoms with Crippen molar-refractivity contribution in [1.29, 1.82) is 0 Å². The maximum absolute atomic E-state index is 13.2. The van der Waals surface area contributed by atoms with Crippen molar-refractivity contribution in [3.8, 4) is 17.0 Å². The van der Waals surface area contributed by atoms with Crippen LogP contribution < -0.4 is 16.1 Å². The molecule has 1 fully saturated rings. The Kier molecular flexibility index (Phi) is 7.74. The van der Waals surface area contributed by atoms with Gasteiger partial charge in [-0.3, -0.25) is 9.20 Å². The molecule has 0 aliphatic carbocycles. The number of aromatic nitrogens is 4. The molecule has 0 unspecified atom stereocenters. The van der Waals surface area contributed by atoms with Crippen molar-refractivity contribution in [1.82, 2.24) is 29.2 Å². The third-order valence-corrected chi connectivity index (χ3v) is 6.74. The number of amides is 1. The molecule has 10 heteroatoms. The lowest BCUT2D eigenvalue weighted by Crippen LogP contribution is -2.38. The monoisotopic (exact) mass is 526 g/mol. The van der Waals surface area contributed by atoms with Gasteiger partial charge < -0.3 is 20.4 Å². The van der Waals surface area contributed by atoms with E-state index in [-0.39, 0.29) is 11.9 Å². The van der Waals surface area contributed by atoms with Crippen LogP contribution in [0.15, 0.2) is 67.1 Å². The van der Waals surface area contributed by atoms with Crippen molar-refractivity contribution in [2.24, 2.45) is 0 Å². The quantitative estimate of drug-likeness (QED) is 0.259. The highest BCUT2D eigenvalue weighted by Crippen LogP contribution is 2.36. The van der Waals surface area contributed by atoms with E-state index in [4.69, 9.17) is 15.6 Å². The largest absolute Gasteiger partial charge is 0.382 e. The fourth-order valence-corrected chi connectivity index (χ4v) is 4.83. The minimum absolute atomic E-state index is 0.000945. The Hall–Kier alpha value is -4.44. The zero-order valence-electron chi connectivity index (χ0n) is 22.5. The Morgan fingerprint density at radius 1 is 1.18 bits per heavy atom. The number of piperidine rings is 1. The summed E-state index contributed by atoms with van der Waals surface area (Å²) in [6.45, 7) is 3.39. The number of carbonyl (C=O) groups excluding carboxylic acids is 1. The lowest BCUT2D eigenvalue weighted by atomic mass is 10.0. The molecule has 39 heavy (non-hydrogen) atoms. The number of benzene rings is 1. The van der Waals surface area contributed by atoms with Gasteiger partial charge in [-0.1, -0.05) is 6.08 Å². The van der Waals surface area contributed by atoms with E-state index in [9.17, 15) is 4.79 Å². The van der Waals surface area contributed by atoms with Crippen LogP contribution in [0.25, 0.3) is 16.8 Å². The minimum Gasteiger partial charge on any atom is -0.382 e. The highest BCUT2D eigenvalue weighted by Gasteiger charge is 2.31. The second kappa shape index (κ2) is 11.5. The lowest BCUT2D eigenvalue weighted by molar-refractivity contribution is -0.130. The van der Waals surface area contributed by atoms with E-state index < -0.39 is 0 Å². The van der Waals surface area contributed by atoms with E-state index in [0.717, 1.165) is 47.4 Å². The zero-order chi connectivity index (χ0) is 27.4. The molecule has 0 spiro atoms. The van der Waals surface area contributed by atoms with Crippen LogP contribution in [-0.4, -0.2) is 62.2 Å². The number of nitrogens with zero attached hydrogens (tertiary/aromatic N) is 6. The first kappa shape index (κ1) is 26.2. The molecule has 1 aliphatic rings. The number of nitrogens with two attached hydrogens (primary N) is 1. The Morgan fingerprint density at radius 3 is 2.77 bits per heavy atom. The summed E-state index contributed by atoms with van der Waals surface area (Å²) < 4.78 is 1.98. The topological polar surface area (TPSA) is 114 Å². The summed E-state index contributed by atoms with van der Waals surface area (Å²) in [5, 5.41) is 0. The summed E-state index contributed by atoms with van der Waals surface area (Å²) in [7, 11) is 3.96. The second-order valence-corrected chi connectivity index (χ2v) is 10.0. The number of aryl methyl sites for hydroxylation is 1. The molecule has 1 aromatic carbocycles. The van der Waals surface area contributed by atoms with E-state index >= 15 is 0 Å². The Balaban J connectivity index is 1.44. The molecule has 0 bridgehead atoms. The number of imidazole rings is 1. The Bertz CT molecular complexity index is 1480. The van der Waals surface area contributed by atoms with Crippen molar-refractivity contribution in [3.63, 3.8) is 0 Å². The third-order valence-electron chi connectivity index (χ3n) is 6.74. The van der Waals surface area contributed by atoms with Crippen LogP contribution >= 0.6 is 0 Å². The highest BCUT2D eigenvalue weighted by molar-refractivity contribution is 5.88. The number of carbonyl (C=O) groups is 1. The van der Waals surface area contributed by atoms with Crippen molar-refractivity contribution >= 4 is 23.1 Å². The maximum atomic E-state index is 13.2. The molecule has 5 rings (SSSR count). The molecule has 4 heterocycles. The van der Waals surface area contributed by atoms with Gasteiger partial charge in [0.2, 0.25) is 5.91 Å². The van der Waals surface area contributed by atoms with Gasteiger partial charge in [-0.15, -0.1) is 0 Å². The maximum Gasteiger partial charge on any atom is 0.246 e. The molecule has 1 amide bonds. The number of pyridine rings is 1. The van der Waals surface area contributed by atoms with Crippen LogP contribution in [0.4, 0.5) is 11.6 Å². The standard InChI is InChI=1S/C29H34N8O2/c1-20-13-14-31-24(19-20)34-39-22-11-9-21(10-12-22)26-27-28(30)32-15-18-37(27)29(33-26)23-7-4-5-17-36(23)25(38)8-6-16-35(2)3/h6,8-15,18-19,23H,4-5,7,16-17H2,1-3H3,(H2,30,32)(H,31,34)/b8-6+/t23-/m0/s1. The van der Waals surface area contributed by atoms with E-state index in [0.29, 0.717) is 30.5 Å². The van der Waals surface area contributed by atoms with Crippen LogP contribution in [0.1, 0.15) is 36.7 Å². The molecular weight excluding hydrogens is 492 g/mol. The molecular formula is C29H34N8O2. The average Bonchev–Trinajstić information content (AvgIpc) is 3.33. The SMILES string of the molecule is Cc1ccnc(NOc2ccc(-c3nc([C@@H]4CCCCN4C(=O)/C=C/CN(C)C)n4ccnc(N)c34)cc2)c1. The summed E-state index contributed by atoms with van der Waals surface area (Å²) in [6.07, 6.45) is 11.7. The van der Waals surface area contributed by atoms with E-state index in [2.05, 4.69) is 15.4 Å². The minimum atomic E-state index is -0.160. The molecule has 10 nitrogen and oxygen atoms in total. The van der Waals surface area contributed by atoms with Crippen LogP contribution in [0.3, 0.4) is 0 Å². The summed E-state index contributed by atoms with van der Waals surface area (Å²) in [5.41, 5.74) is 12.7. The molecule has 1 atom stereocenters.